The van der Waals surface area contributed by atoms with E-state index in [1.807, 2.05) is 49.3 Å². The van der Waals surface area contributed by atoms with Crippen LogP contribution in [0.1, 0.15) is 18.9 Å². The van der Waals surface area contributed by atoms with Crippen molar-refractivity contribution in [1.82, 2.24) is 20.5 Å². The third-order valence-electron chi connectivity index (χ3n) is 4.33. The molecule has 3 N–H and O–H groups in total. The molecule has 0 aliphatic carbocycles. The van der Waals surface area contributed by atoms with Crippen molar-refractivity contribution in [2.75, 3.05) is 33.1 Å². The number of nitrogens with zero attached hydrogens (tertiary/aromatic N) is 2. The van der Waals surface area contributed by atoms with Crippen LogP contribution in [0.25, 0.3) is 0 Å². The molecular weight excluding hydrogens is 486 g/mol. The summed E-state index contributed by atoms with van der Waals surface area (Å²) in [6.07, 6.45) is 10.9. The first-order valence-electron chi connectivity index (χ1n) is 10.4. The Bertz CT molecular complexity index is 889. The van der Waals surface area contributed by atoms with Crippen LogP contribution in [0.5, 0.6) is 0 Å². The van der Waals surface area contributed by atoms with Crippen LogP contribution < -0.4 is 15.5 Å². The van der Waals surface area contributed by atoms with Gasteiger partial charge in [-0.05, 0) is 25.5 Å². The Labute approximate surface area is 204 Å². The average molecular weight is 519 g/mol. The van der Waals surface area contributed by atoms with Crippen molar-refractivity contribution >= 4 is 33.6 Å². The van der Waals surface area contributed by atoms with Crippen molar-refractivity contribution in [3.8, 4) is 0 Å². The first-order valence-corrected chi connectivity index (χ1v) is 12.2. The predicted octanol–water partition coefficient (Wildman–Crippen LogP) is 4.84. The van der Waals surface area contributed by atoms with Gasteiger partial charge in [0, 0.05) is 54.9 Å². The lowest BCUT2D eigenvalue weighted by atomic mass is 10.1. The highest BCUT2D eigenvalue weighted by Gasteiger charge is 2.22. The van der Waals surface area contributed by atoms with Gasteiger partial charge in [-0.2, -0.15) is 0 Å². The number of halogens is 1. The quantitative estimate of drug-likeness (QED) is 0.197. The van der Waals surface area contributed by atoms with E-state index >= 15 is 0 Å². The second kappa shape index (κ2) is 14.9. The average Bonchev–Trinajstić information content (AvgIpc) is 2.80. The lowest BCUT2D eigenvalue weighted by Crippen LogP contribution is -2.41. The minimum Gasteiger partial charge on any atom is -0.385 e. The fraction of sp³-hybridized carbons (Fsp3) is 0.292. The number of rotatable bonds is 13. The van der Waals surface area contributed by atoms with E-state index in [1.165, 1.54) is 0 Å². The number of hydrogen-bond acceptors (Lipinski definition) is 7. The van der Waals surface area contributed by atoms with Crippen LogP contribution in [-0.2, 0) is 4.74 Å². The third-order valence-corrected chi connectivity index (χ3v) is 5.45. The first kappa shape index (κ1) is 26.2. The fourth-order valence-corrected chi connectivity index (χ4v) is 3.73. The molecule has 32 heavy (non-hydrogen) atoms. The molecule has 0 bridgehead atoms. The van der Waals surface area contributed by atoms with Crippen molar-refractivity contribution in [3.05, 3.63) is 94.7 Å². The van der Waals surface area contributed by atoms with Crippen molar-refractivity contribution < 1.29 is 4.74 Å². The zero-order valence-electron chi connectivity index (χ0n) is 18.9. The Morgan fingerprint density at radius 2 is 2.09 bits per heavy atom. The summed E-state index contributed by atoms with van der Waals surface area (Å²) in [4.78, 5) is 4.84. The van der Waals surface area contributed by atoms with Gasteiger partial charge >= 0.3 is 0 Å². The molecular formula is C24H32BrN5OS. The Hall–Kier alpha value is -2.10. The minimum absolute atomic E-state index is 0.773. The smallest absolute Gasteiger partial charge is 0.159 e. The normalized spacial score (nSPS) is 16.1. The first-order chi connectivity index (χ1) is 15.6. The monoisotopic (exact) mass is 517 g/mol. The molecule has 8 heteroatoms. The zero-order valence-corrected chi connectivity index (χ0v) is 21.3. The van der Waals surface area contributed by atoms with Crippen molar-refractivity contribution in [2.24, 2.45) is 4.99 Å². The molecule has 172 valence electrons. The highest BCUT2D eigenvalue weighted by Crippen LogP contribution is 2.25. The highest BCUT2D eigenvalue weighted by molar-refractivity contribution is 9.11. The van der Waals surface area contributed by atoms with E-state index in [2.05, 4.69) is 62.3 Å². The Morgan fingerprint density at radius 1 is 1.31 bits per heavy atom. The van der Waals surface area contributed by atoms with Gasteiger partial charge in [-0.15, -0.1) is 0 Å². The van der Waals surface area contributed by atoms with E-state index < -0.39 is 0 Å². The van der Waals surface area contributed by atoms with Gasteiger partial charge in [0.1, 0.15) is 5.82 Å². The second-order valence-corrected chi connectivity index (χ2v) is 8.85. The molecule has 0 spiro atoms. The summed E-state index contributed by atoms with van der Waals surface area (Å²) in [5, 5.41) is 5.42. The van der Waals surface area contributed by atoms with Crippen LogP contribution in [0.3, 0.4) is 0 Å². The molecule has 0 atom stereocenters. The summed E-state index contributed by atoms with van der Waals surface area (Å²) in [6.45, 7) is 7.53. The van der Waals surface area contributed by atoms with Gasteiger partial charge in [0.15, 0.2) is 5.82 Å². The molecule has 0 amide bonds. The molecule has 6 nitrogen and oxygen atoms in total. The topological polar surface area (TPSA) is 60.9 Å². The summed E-state index contributed by atoms with van der Waals surface area (Å²) >= 11 is 5.27. The molecule has 0 saturated heterocycles. The molecule has 1 heterocycles. The van der Waals surface area contributed by atoms with Gasteiger partial charge in [-0.25, -0.2) is 15.4 Å². The lowest BCUT2D eigenvalue weighted by Gasteiger charge is -2.31. The molecule has 2 rings (SSSR count). The maximum Gasteiger partial charge on any atom is 0.159 e. The van der Waals surface area contributed by atoms with Gasteiger partial charge in [0.25, 0.3) is 0 Å². The van der Waals surface area contributed by atoms with Crippen LogP contribution in [0, 0.1) is 0 Å². The maximum atomic E-state index is 5.06. The summed E-state index contributed by atoms with van der Waals surface area (Å²) in [5.74, 6) is 2.49. The summed E-state index contributed by atoms with van der Waals surface area (Å²) in [7, 11) is 3.59. The second-order valence-electron chi connectivity index (χ2n) is 6.75. The van der Waals surface area contributed by atoms with Gasteiger partial charge in [0.2, 0.25) is 0 Å². The van der Waals surface area contributed by atoms with Crippen LogP contribution in [-0.4, -0.2) is 43.8 Å². The van der Waals surface area contributed by atoms with Gasteiger partial charge < -0.3 is 10.1 Å². The van der Waals surface area contributed by atoms with Crippen molar-refractivity contribution in [1.29, 1.82) is 0 Å². The van der Waals surface area contributed by atoms with Gasteiger partial charge in [0.05, 0.1) is 5.71 Å². The summed E-state index contributed by atoms with van der Waals surface area (Å²) < 4.78 is 9.32. The number of benzene rings is 1. The van der Waals surface area contributed by atoms with E-state index in [4.69, 9.17) is 9.73 Å². The maximum absolute atomic E-state index is 5.06. The zero-order chi connectivity index (χ0) is 23.2. The standard InChI is InChI=1S/C24H32BrN5OS/c1-5-11-21(14-9-17-32-27-15-10-16-31-4)28-23-18-22(20-12-7-6-8-13-20)29-24(19(2)25)30(23)26-3/h5-9,11-14,18,26-28H,1,10,15-17H2,2-4H3/b14-9-,21-11+,24-19+. The molecule has 1 aromatic carbocycles. The van der Waals surface area contributed by atoms with Gasteiger partial charge in [-0.3, -0.25) is 4.72 Å². The van der Waals surface area contributed by atoms with Crippen LogP contribution in [0.4, 0.5) is 0 Å². The fourth-order valence-electron chi connectivity index (χ4n) is 2.87. The number of hydrogen-bond donors (Lipinski definition) is 3. The molecule has 0 saturated carbocycles. The number of ether oxygens (including phenoxy) is 1. The Balaban J connectivity index is 2.16. The van der Waals surface area contributed by atoms with Crippen LogP contribution in [0.15, 0.2) is 94.1 Å². The predicted molar refractivity (Wildman–Crippen MR) is 141 cm³/mol. The Kier molecular flexibility index (Phi) is 12.2. The minimum atomic E-state index is 0.773. The van der Waals surface area contributed by atoms with Crippen LogP contribution in [0.2, 0.25) is 0 Å². The summed E-state index contributed by atoms with van der Waals surface area (Å²) in [5.41, 5.74) is 6.07. The number of nitrogens with one attached hydrogen (secondary N) is 3. The third kappa shape index (κ3) is 8.44. The lowest BCUT2D eigenvalue weighted by molar-refractivity contribution is 0.196. The molecule has 0 fully saturated rings. The van der Waals surface area contributed by atoms with E-state index in [9.17, 15) is 0 Å². The number of allylic oxidation sites excluding steroid dienone is 5. The highest BCUT2D eigenvalue weighted by atomic mass is 79.9. The van der Waals surface area contributed by atoms with Crippen molar-refractivity contribution in [2.45, 2.75) is 13.3 Å². The summed E-state index contributed by atoms with van der Waals surface area (Å²) in [6, 6.07) is 10.1. The van der Waals surface area contributed by atoms with E-state index in [-0.39, 0.29) is 0 Å². The number of methoxy groups -OCH3 is 1. The van der Waals surface area contributed by atoms with E-state index in [0.29, 0.717) is 0 Å². The molecule has 0 unspecified atom stereocenters. The number of aliphatic imine (C=N–C) groups is 1. The molecule has 0 radical (unpaired) electrons. The molecule has 1 aliphatic heterocycles. The SMILES string of the molecule is C=C/C=C(\C=C/CSNCCCOC)NC1=CC(c2ccccc2)=N/C(=C(/C)Br)N1NC. The molecule has 1 aromatic rings. The largest absolute Gasteiger partial charge is 0.385 e. The van der Waals surface area contributed by atoms with E-state index in [0.717, 1.165) is 58.4 Å². The molecule has 0 aromatic heterocycles. The number of hydrazine groups is 1. The van der Waals surface area contributed by atoms with Crippen molar-refractivity contribution in [3.63, 3.8) is 0 Å². The Morgan fingerprint density at radius 3 is 2.75 bits per heavy atom. The molecule has 1 aliphatic rings. The van der Waals surface area contributed by atoms with Crippen LogP contribution >= 0.6 is 27.9 Å². The van der Waals surface area contributed by atoms with E-state index in [1.54, 1.807) is 25.1 Å². The van der Waals surface area contributed by atoms with Gasteiger partial charge in [-0.1, -0.05) is 76.9 Å².